The van der Waals surface area contributed by atoms with Crippen LogP contribution < -0.4 is 10.4 Å². The maximum atomic E-state index is 13.5. The Kier molecular flexibility index (Phi) is 20.5. The maximum absolute atomic E-state index is 13.5. The van der Waals surface area contributed by atoms with Gasteiger partial charge in [0.05, 0.1) is 37.6 Å². The summed E-state index contributed by atoms with van der Waals surface area (Å²) in [4.78, 5) is 13.5. The molecule has 0 bridgehead atoms. The molecule has 0 saturated carbocycles. The monoisotopic (exact) mass is 836 g/mol. The van der Waals surface area contributed by atoms with Gasteiger partial charge in [0.25, 0.3) is 8.32 Å². The van der Waals surface area contributed by atoms with Gasteiger partial charge in [-0.25, -0.2) is 0 Å². The first-order valence-electron chi connectivity index (χ1n) is 20.6. The summed E-state index contributed by atoms with van der Waals surface area (Å²) in [6.45, 7) is 25.5. The summed E-state index contributed by atoms with van der Waals surface area (Å²) in [6.07, 6.45) is 1.13. The number of ether oxygens (including phenoxy) is 4. The molecule has 0 aliphatic heterocycles. The van der Waals surface area contributed by atoms with E-state index in [2.05, 4.69) is 115 Å². The standard InChI is InChI=1S/C46H72O8Si3/c1-11-21-39(47)30-40(48)31-41(53-56(8,9)10)32-42(54-57(46(2,3)4,44-24-17-13-18-25-44)45-26-19-14-20-27-45)33-43(35-51-36-49-28-29-55(5,6)7)52-37-50-34-38-22-15-12-16-23-38/h11-20,22-27,39,41-43,47H,1,21,28-37H2,2-10H3/t39-,41?,42+,43+/m0/s1. The Labute approximate surface area is 347 Å². The van der Waals surface area contributed by atoms with Gasteiger partial charge in [-0.1, -0.05) is 137 Å². The first-order valence-corrected chi connectivity index (χ1v) is 29.6. The second-order valence-electron chi connectivity index (χ2n) is 18.3. The van der Waals surface area contributed by atoms with Crippen LogP contribution in [0.3, 0.4) is 0 Å². The molecule has 0 spiro atoms. The van der Waals surface area contributed by atoms with Gasteiger partial charge in [0.2, 0.25) is 0 Å². The van der Waals surface area contributed by atoms with Gasteiger partial charge in [0.1, 0.15) is 19.4 Å². The van der Waals surface area contributed by atoms with Gasteiger partial charge in [-0.3, -0.25) is 4.79 Å². The maximum Gasteiger partial charge on any atom is 0.261 e. The number of aliphatic hydroxyl groups excluding tert-OH is 1. The molecule has 0 amide bonds. The largest absolute Gasteiger partial charge is 0.414 e. The third-order valence-electron chi connectivity index (χ3n) is 9.65. The van der Waals surface area contributed by atoms with Gasteiger partial charge >= 0.3 is 0 Å². The van der Waals surface area contributed by atoms with Gasteiger partial charge < -0.3 is 32.9 Å². The van der Waals surface area contributed by atoms with Crippen molar-refractivity contribution < 1.29 is 37.7 Å². The minimum atomic E-state index is -3.06. The zero-order valence-electron chi connectivity index (χ0n) is 36.3. The van der Waals surface area contributed by atoms with Crippen LogP contribution in [0.4, 0.5) is 0 Å². The fourth-order valence-corrected chi connectivity index (χ4v) is 13.7. The molecule has 0 saturated heterocycles. The van der Waals surface area contributed by atoms with Crippen LogP contribution in [0.25, 0.3) is 0 Å². The highest BCUT2D eigenvalue weighted by molar-refractivity contribution is 6.99. The second-order valence-corrected chi connectivity index (χ2v) is 32.6. The second kappa shape index (κ2) is 23.9. The normalized spacial score (nSPS) is 14.8. The van der Waals surface area contributed by atoms with Crippen molar-refractivity contribution in [2.45, 2.75) is 134 Å². The van der Waals surface area contributed by atoms with E-state index in [9.17, 15) is 9.90 Å². The van der Waals surface area contributed by atoms with Gasteiger partial charge in [0, 0.05) is 33.9 Å². The van der Waals surface area contributed by atoms with Crippen molar-refractivity contribution in [3.63, 3.8) is 0 Å². The summed E-state index contributed by atoms with van der Waals surface area (Å²) in [5.41, 5.74) is 1.06. The molecule has 4 atom stereocenters. The molecule has 11 heteroatoms. The molecule has 8 nitrogen and oxygen atoms in total. The summed E-state index contributed by atoms with van der Waals surface area (Å²) in [5, 5.41) is 12.6. The highest BCUT2D eigenvalue weighted by atomic mass is 28.4. The molecule has 0 radical (unpaired) electrons. The van der Waals surface area contributed by atoms with Crippen molar-refractivity contribution in [1.29, 1.82) is 0 Å². The highest BCUT2D eigenvalue weighted by Gasteiger charge is 2.52. The van der Waals surface area contributed by atoms with Crippen LogP contribution >= 0.6 is 0 Å². The third kappa shape index (κ3) is 18.1. The van der Waals surface area contributed by atoms with Crippen LogP contribution in [0.2, 0.25) is 50.4 Å². The number of benzene rings is 3. The van der Waals surface area contributed by atoms with Crippen LogP contribution in [0.15, 0.2) is 104 Å². The topological polar surface area (TPSA) is 92.7 Å². The Morgan fingerprint density at radius 1 is 0.719 bits per heavy atom. The van der Waals surface area contributed by atoms with E-state index in [0.29, 0.717) is 32.5 Å². The summed E-state index contributed by atoms with van der Waals surface area (Å²) in [7, 11) is -6.45. The lowest BCUT2D eigenvalue weighted by atomic mass is 9.99. The predicted molar refractivity (Wildman–Crippen MR) is 241 cm³/mol. The van der Waals surface area contributed by atoms with E-state index in [-0.39, 0.29) is 43.9 Å². The number of carbonyl (C=O) groups is 1. The van der Waals surface area contributed by atoms with Crippen molar-refractivity contribution >= 4 is 40.9 Å². The quantitative estimate of drug-likeness (QED) is 0.0336. The number of aliphatic hydroxyl groups is 1. The SMILES string of the molecule is C=CC[C@H](O)CC(=O)CC(C[C@H](C[C@H](COCOCC[Si](C)(C)C)OCOCc1ccccc1)O[Si](c1ccccc1)(c1ccccc1)C(C)(C)C)O[Si](C)(C)C. The molecule has 3 aromatic rings. The molecule has 0 heterocycles. The molecule has 3 rings (SSSR count). The van der Waals surface area contributed by atoms with Crippen LogP contribution in [-0.4, -0.2) is 86.8 Å². The van der Waals surface area contributed by atoms with Gasteiger partial charge in [-0.05, 0) is 59.5 Å². The zero-order valence-corrected chi connectivity index (χ0v) is 39.3. The van der Waals surface area contributed by atoms with Crippen LogP contribution in [0.1, 0.15) is 58.4 Å². The minimum Gasteiger partial charge on any atom is -0.414 e. The van der Waals surface area contributed by atoms with Crippen molar-refractivity contribution in [2.24, 2.45) is 0 Å². The highest BCUT2D eigenvalue weighted by Crippen LogP contribution is 2.39. The summed E-state index contributed by atoms with van der Waals surface area (Å²) in [6, 6.07) is 32.3. The van der Waals surface area contributed by atoms with Crippen LogP contribution in [0, 0.1) is 0 Å². The lowest BCUT2D eigenvalue weighted by Gasteiger charge is -2.46. The zero-order chi connectivity index (χ0) is 42.0. The number of hydrogen-bond donors (Lipinski definition) is 1. The lowest BCUT2D eigenvalue weighted by Crippen LogP contribution is -2.68. The Morgan fingerprint density at radius 3 is 1.81 bits per heavy atom. The average Bonchev–Trinajstić information content (AvgIpc) is 3.13. The lowest BCUT2D eigenvalue weighted by molar-refractivity contribution is -0.144. The van der Waals surface area contributed by atoms with E-state index in [1.165, 1.54) is 0 Å². The van der Waals surface area contributed by atoms with Crippen LogP contribution in [-0.2, 0) is 39.2 Å². The van der Waals surface area contributed by atoms with E-state index >= 15 is 0 Å². The number of Topliss-reactive ketones (excluding diaryl/α,β-unsaturated/α-hetero) is 1. The van der Waals surface area contributed by atoms with Gasteiger partial charge in [-0.2, -0.15) is 0 Å². The Morgan fingerprint density at radius 2 is 1.28 bits per heavy atom. The van der Waals surface area contributed by atoms with E-state index in [4.69, 9.17) is 27.8 Å². The van der Waals surface area contributed by atoms with E-state index in [1.807, 2.05) is 42.5 Å². The third-order valence-corrected chi connectivity index (χ3v) is 17.5. The Hall–Kier alpha value is -2.56. The van der Waals surface area contributed by atoms with Gasteiger partial charge in [0.15, 0.2) is 8.32 Å². The molecule has 0 aliphatic rings. The fraction of sp³-hybridized carbons (Fsp3) is 0.543. The molecule has 0 aromatic heterocycles. The first kappa shape index (κ1) is 48.8. The summed E-state index contributed by atoms with van der Waals surface area (Å²) in [5.74, 6) is -0.0438. The fourth-order valence-electron chi connectivity index (χ4n) is 7.01. The molecule has 0 aliphatic carbocycles. The molecule has 0 fully saturated rings. The molecule has 3 aromatic carbocycles. The molecular weight excluding hydrogens is 765 g/mol. The Bertz CT molecular complexity index is 1520. The van der Waals surface area contributed by atoms with Crippen molar-refractivity contribution in [3.8, 4) is 0 Å². The Balaban J connectivity index is 2.04. The van der Waals surface area contributed by atoms with Crippen molar-refractivity contribution in [3.05, 3.63) is 109 Å². The molecule has 316 valence electrons. The minimum absolute atomic E-state index is 0.0438. The number of ketones is 1. The van der Waals surface area contributed by atoms with Crippen molar-refractivity contribution in [1.82, 2.24) is 0 Å². The predicted octanol–water partition coefficient (Wildman–Crippen LogP) is 9.11. The molecule has 1 N–H and O–H groups in total. The molecule has 57 heavy (non-hydrogen) atoms. The van der Waals surface area contributed by atoms with Crippen molar-refractivity contribution in [2.75, 3.05) is 26.8 Å². The molecular formula is C46H72O8Si3. The summed E-state index contributed by atoms with van der Waals surface area (Å²) < 4.78 is 39.2. The number of rotatable bonds is 28. The van der Waals surface area contributed by atoms with E-state index in [1.54, 1.807) is 6.08 Å². The summed E-state index contributed by atoms with van der Waals surface area (Å²) >= 11 is 0. The first-order chi connectivity index (χ1) is 26.9. The molecule has 1 unspecified atom stereocenters. The van der Waals surface area contributed by atoms with Gasteiger partial charge in [-0.15, -0.1) is 6.58 Å². The van der Waals surface area contributed by atoms with E-state index in [0.717, 1.165) is 22.0 Å². The number of carbonyl (C=O) groups excluding carboxylic acids is 1. The van der Waals surface area contributed by atoms with Crippen LogP contribution in [0.5, 0.6) is 0 Å². The average molecular weight is 837 g/mol. The number of hydrogen-bond acceptors (Lipinski definition) is 8. The smallest absolute Gasteiger partial charge is 0.261 e. The van der Waals surface area contributed by atoms with E-state index < -0.39 is 49.1 Å².